The van der Waals surface area contributed by atoms with Crippen LogP contribution in [0.2, 0.25) is 0 Å². The van der Waals surface area contributed by atoms with Crippen LogP contribution in [0.15, 0.2) is 6.08 Å². The molecule has 4 N–H and O–H groups in total. The van der Waals surface area contributed by atoms with E-state index in [0.717, 1.165) is 0 Å². The van der Waals surface area contributed by atoms with Crippen molar-refractivity contribution in [1.82, 2.24) is 0 Å². The standard InChI is InChI=1S/C9H7O4.2ClH.Zr/c10-6-4-2-1-3-5(4)7(11)9(13)8(6)12;;;/h1-3,10-13H;2*1H;/q;;;+2/p-2. The first-order valence-electron chi connectivity index (χ1n) is 4.31. The van der Waals surface area contributed by atoms with E-state index in [2.05, 4.69) is 0 Å². The summed E-state index contributed by atoms with van der Waals surface area (Å²) >= 11 is -2.70. The Kier molecular flexibility index (Phi) is 3.12. The summed E-state index contributed by atoms with van der Waals surface area (Å²) in [5.74, 6) is -2.43. The van der Waals surface area contributed by atoms with Gasteiger partial charge in [-0.05, 0) is 0 Å². The monoisotopic (exact) mass is 339 g/mol. The first-order valence-corrected chi connectivity index (χ1v) is 12.1. The van der Waals surface area contributed by atoms with E-state index in [9.17, 15) is 20.4 Å². The number of halogens is 2. The minimum atomic E-state index is -2.70. The summed E-state index contributed by atoms with van der Waals surface area (Å²) < 4.78 is -0.335. The van der Waals surface area contributed by atoms with Crippen molar-refractivity contribution in [3.05, 3.63) is 17.2 Å². The molecule has 2 rings (SSSR count). The molecule has 85 valence electrons. The number of rotatable bonds is 1. The zero-order valence-electron chi connectivity index (χ0n) is 7.78. The number of fused-ring (bicyclic) bond motifs is 1. The molecule has 7 heteroatoms. The number of phenols is 4. The van der Waals surface area contributed by atoms with Crippen LogP contribution in [-0.4, -0.2) is 20.4 Å². The normalized spacial score (nSPS) is 17.5. The van der Waals surface area contributed by atoms with Crippen molar-refractivity contribution in [2.45, 2.75) is 3.63 Å². The van der Waals surface area contributed by atoms with Crippen molar-refractivity contribution < 1.29 is 39.8 Å². The molecular weight excluding hydrogens is 334 g/mol. The minimum absolute atomic E-state index is 0.261. The summed E-state index contributed by atoms with van der Waals surface area (Å²) in [6.07, 6.45) is 3.19. The summed E-state index contributed by atoms with van der Waals surface area (Å²) in [6.45, 7) is 0. The van der Waals surface area contributed by atoms with E-state index in [1.165, 1.54) is 6.08 Å². The van der Waals surface area contributed by atoms with Gasteiger partial charge >= 0.3 is 107 Å². The average Bonchev–Trinajstić information content (AvgIpc) is 2.67. The van der Waals surface area contributed by atoms with Crippen molar-refractivity contribution in [2.75, 3.05) is 0 Å². The second-order valence-corrected chi connectivity index (χ2v) is 12.3. The van der Waals surface area contributed by atoms with Crippen LogP contribution in [0, 0.1) is 0 Å². The third-order valence-corrected chi connectivity index (χ3v) is 7.59. The summed E-state index contributed by atoms with van der Waals surface area (Å²) in [7, 11) is 11.8. The molecule has 16 heavy (non-hydrogen) atoms. The van der Waals surface area contributed by atoms with Crippen molar-refractivity contribution in [1.29, 1.82) is 0 Å². The number of benzene rings is 1. The molecule has 0 fully saturated rings. The van der Waals surface area contributed by atoms with E-state index >= 15 is 0 Å². The van der Waals surface area contributed by atoms with E-state index in [-0.39, 0.29) is 9.19 Å². The predicted molar refractivity (Wildman–Crippen MR) is 56.6 cm³/mol. The van der Waals surface area contributed by atoms with Crippen LogP contribution >= 0.6 is 17.0 Å². The Morgan fingerprint density at radius 1 is 0.938 bits per heavy atom. The van der Waals surface area contributed by atoms with Gasteiger partial charge in [0.25, 0.3) is 0 Å². The topological polar surface area (TPSA) is 80.9 Å². The zero-order chi connectivity index (χ0) is 12.0. The molecule has 1 unspecified atom stereocenters. The molecule has 0 saturated heterocycles. The maximum atomic E-state index is 9.70. The van der Waals surface area contributed by atoms with E-state index in [1.807, 2.05) is 0 Å². The zero-order valence-corrected chi connectivity index (χ0v) is 11.7. The Labute approximate surface area is 106 Å². The van der Waals surface area contributed by atoms with Crippen LogP contribution in [0.1, 0.15) is 14.8 Å². The summed E-state index contributed by atoms with van der Waals surface area (Å²) in [5, 5.41) is 38.0. The van der Waals surface area contributed by atoms with E-state index < -0.39 is 42.4 Å². The fraction of sp³-hybridized carbons (Fsp3) is 0.111. The van der Waals surface area contributed by atoms with Gasteiger partial charge in [0.15, 0.2) is 0 Å². The molecule has 0 aliphatic heterocycles. The van der Waals surface area contributed by atoms with Crippen LogP contribution in [0.25, 0.3) is 6.08 Å². The van der Waals surface area contributed by atoms with E-state index in [0.29, 0.717) is 5.56 Å². The number of aromatic hydroxyl groups is 4. The number of phenolic OH excluding ortho intramolecular Hbond substituents is 4. The van der Waals surface area contributed by atoms with Gasteiger partial charge in [0.2, 0.25) is 0 Å². The molecule has 0 amide bonds. The molecule has 1 aromatic carbocycles. The number of allylic oxidation sites excluding steroid dienone is 1. The Hall–Kier alpha value is -0.377. The Balaban J connectivity index is 2.72. The average molecular weight is 341 g/mol. The molecule has 0 bridgehead atoms. The van der Waals surface area contributed by atoms with Crippen LogP contribution in [0.5, 0.6) is 23.0 Å². The van der Waals surface area contributed by atoms with E-state index in [4.69, 9.17) is 17.0 Å². The molecule has 0 aromatic heterocycles. The summed E-state index contributed by atoms with van der Waals surface area (Å²) in [5.41, 5.74) is 0.560. The van der Waals surface area contributed by atoms with Gasteiger partial charge in [0.1, 0.15) is 0 Å². The first-order chi connectivity index (χ1) is 7.45. The molecule has 0 heterocycles. The fourth-order valence-electron chi connectivity index (χ4n) is 1.69. The molecule has 1 atom stereocenters. The second-order valence-electron chi connectivity index (χ2n) is 3.35. The molecule has 0 spiro atoms. The van der Waals surface area contributed by atoms with Gasteiger partial charge in [0.05, 0.1) is 0 Å². The SMILES string of the molecule is Oc1c(O)c(O)c2c(c1O)C=C[CH]2[Zr]([Cl])[Cl]. The van der Waals surface area contributed by atoms with Crippen molar-refractivity contribution in [3.8, 4) is 23.0 Å². The van der Waals surface area contributed by atoms with Crippen molar-refractivity contribution >= 4 is 23.1 Å². The van der Waals surface area contributed by atoms with Crippen LogP contribution in [0.4, 0.5) is 0 Å². The first kappa shape index (κ1) is 12.1. The summed E-state index contributed by atoms with van der Waals surface area (Å²) in [6, 6.07) is 0. The van der Waals surface area contributed by atoms with Crippen LogP contribution in [0.3, 0.4) is 0 Å². The molecule has 0 radical (unpaired) electrons. The molecule has 4 nitrogen and oxygen atoms in total. The van der Waals surface area contributed by atoms with Crippen molar-refractivity contribution in [2.24, 2.45) is 0 Å². The van der Waals surface area contributed by atoms with Gasteiger partial charge < -0.3 is 0 Å². The van der Waals surface area contributed by atoms with Gasteiger partial charge in [-0.1, -0.05) is 0 Å². The molecular formula is C9H7Cl2O4Zr. The number of hydrogen-bond donors (Lipinski definition) is 4. The fourth-order valence-corrected chi connectivity index (χ4v) is 5.69. The van der Waals surface area contributed by atoms with Gasteiger partial charge in [-0.2, -0.15) is 0 Å². The van der Waals surface area contributed by atoms with Crippen LogP contribution in [-0.2, 0) is 19.4 Å². The molecule has 1 aliphatic carbocycles. The third-order valence-electron chi connectivity index (χ3n) is 2.47. The van der Waals surface area contributed by atoms with Crippen LogP contribution < -0.4 is 0 Å². The Morgan fingerprint density at radius 3 is 2.06 bits per heavy atom. The van der Waals surface area contributed by atoms with Gasteiger partial charge in [0, 0.05) is 0 Å². The third kappa shape index (κ3) is 1.62. The summed E-state index contributed by atoms with van der Waals surface area (Å²) in [4.78, 5) is 0. The second kappa shape index (κ2) is 4.13. The van der Waals surface area contributed by atoms with Crippen molar-refractivity contribution in [3.63, 3.8) is 0 Å². The molecule has 1 aliphatic rings. The maximum absolute atomic E-state index is 9.70. The Morgan fingerprint density at radius 2 is 1.50 bits per heavy atom. The predicted octanol–water partition coefficient (Wildman–Crippen LogP) is 2.50. The van der Waals surface area contributed by atoms with Gasteiger partial charge in [-0.25, -0.2) is 0 Å². The molecule has 0 saturated carbocycles. The molecule has 1 aromatic rings. The quantitative estimate of drug-likeness (QED) is 0.467. The number of hydrogen-bond acceptors (Lipinski definition) is 4. The Bertz CT molecular complexity index is 487. The van der Waals surface area contributed by atoms with Gasteiger partial charge in [-0.15, -0.1) is 0 Å². The van der Waals surface area contributed by atoms with Gasteiger partial charge in [-0.3, -0.25) is 0 Å². The van der Waals surface area contributed by atoms with E-state index in [1.54, 1.807) is 6.08 Å².